The zero-order valence-corrected chi connectivity index (χ0v) is 17.0. The summed E-state index contributed by atoms with van der Waals surface area (Å²) in [5.41, 5.74) is 2.01. The fourth-order valence-electron chi connectivity index (χ4n) is 4.06. The van der Waals surface area contributed by atoms with Crippen LogP contribution in [0.4, 0.5) is 0 Å². The molecule has 1 saturated heterocycles. The highest BCUT2D eigenvalue weighted by molar-refractivity contribution is 6.07. The Labute approximate surface area is 171 Å². The highest BCUT2D eigenvalue weighted by Gasteiger charge is 2.25. The molecule has 29 heavy (non-hydrogen) atoms. The van der Waals surface area contributed by atoms with E-state index in [1.807, 2.05) is 47.4 Å². The van der Waals surface area contributed by atoms with Gasteiger partial charge in [-0.05, 0) is 35.0 Å². The highest BCUT2D eigenvalue weighted by atomic mass is 16.5. The van der Waals surface area contributed by atoms with E-state index in [9.17, 15) is 4.79 Å². The first kappa shape index (κ1) is 19.3. The van der Waals surface area contributed by atoms with E-state index in [1.54, 1.807) is 14.2 Å². The number of piperazine rings is 1. The van der Waals surface area contributed by atoms with Crippen LogP contribution in [-0.2, 0) is 6.54 Å². The molecule has 150 valence electrons. The first-order valence-electron chi connectivity index (χ1n) is 10.0. The fourth-order valence-corrected chi connectivity index (χ4v) is 4.06. The first-order chi connectivity index (χ1) is 14.2. The van der Waals surface area contributed by atoms with Gasteiger partial charge in [-0.1, -0.05) is 36.4 Å². The maximum Gasteiger partial charge on any atom is 0.254 e. The van der Waals surface area contributed by atoms with Crippen LogP contribution in [0.15, 0.2) is 60.7 Å². The molecule has 4 rings (SSSR count). The minimum absolute atomic E-state index is 0.131. The molecule has 1 heterocycles. The quantitative estimate of drug-likeness (QED) is 0.726. The smallest absolute Gasteiger partial charge is 0.254 e. The normalized spacial score (nSPS) is 14.8. The third kappa shape index (κ3) is 4.05. The Morgan fingerprint density at radius 2 is 1.66 bits per heavy atom. The number of amides is 1. The summed E-state index contributed by atoms with van der Waals surface area (Å²) in [5, 5.41) is 2.14. The molecule has 0 unspecified atom stereocenters. The van der Waals surface area contributed by atoms with Gasteiger partial charge in [0.25, 0.3) is 5.91 Å². The van der Waals surface area contributed by atoms with Gasteiger partial charge < -0.3 is 19.3 Å². The second kappa shape index (κ2) is 8.53. The van der Waals surface area contributed by atoms with Crippen LogP contribution in [0.2, 0.25) is 0 Å². The Kier molecular flexibility index (Phi) is 5.67. The van der Waals surface area contributed by atoms with Crippen LogP contribution >= 0.6 is 0 Å². The average Bonchev–Trinajstić information content (AvgIpc) is 2.78. The third-order valence-electron chi connectivity index (χ3n) is 5.68. The number of nitrogens with zero attached hydrogens (tertiary/aromatic N) is 1. The van der Waals surface area contributed by atoms with E-state index in [0.29, 0.717) is 0 Å². The molecule has 1 N–H and O–H groups in total. The van der Waals surface area contributed by atoms with E-state index < -0.39 is 0 Å². The number of hydrogen-bond donors (Lipinski definition) is 1. The molecule has 3 aromatic rings. The summed E-state index contributed by atoms with van der Waals surface area (Å²) in [6.07, 6.45) is 0. The fraction of sp³-hybridized carbons (Fsp3) is 0.292. The molecule has 0 aliphatic carbocycles. The van der Waals surface area contributed by atoms with Crippen molar-refractivity contribution >= 4 is 16.7 Å². The molecule has 1 fully saturated rings. The summed E-state index contributed by atoms with van der Waals surface area (Å²) in [4.78, 5) is 16.6. The molecule has 3 aromatic carbocycles. The summed E-state index contributed by atoms with van der Waals surface area (Å²) in [6, 6.07) is 20.1. The van der Waals surface area contributed by atoms with E-state index in [2.05, 4.69) is 18.2 Å². The largest absolute Gasteiger partial charge is 0.493 e. The number of fused-ring (bicyclic) bond motifs is 1. The van der Waals surface area contributed by atoms with Crippen molar-refractivity contribution in [1.29, 1.82) is 0 Å². The number of benzene rings is 3. The summed E-state index contributed by atoms with van der Waals surface area (Å²) in [5.74, 6) is 1.64. The van der Waals surface area contributed by atoms with Crippen LogP contribution < -0.4 is 14.4 Å². The van der Waals surface area contributed by atoms with Crippen molar-refractivity contribution in [1.82, 2.24) is 4.90 Å². The minimum Gasteiger partial charge on any atom is -0.493 e. The minimum atomic E-state index is 0.131. The molecule has 0 bridgehead atoms. The number of carbonyl (C=O) groups is 1. The molecular formula is C24H27N2O3+. The molecule has 0 atom stereocenters. The van der Waals surface area contributed by atoms with Crippen LogP contribution in [0.5, 0.6) is 11.5 Å². The molecule has 5 heteroatoms. The van der Waals surface area contributed by atoms with Crippen LogP contribution in [0.1, 0.15) is 15.9 Å². The molecule has 0 spiro atoms. The third-order valence-corrected chi connectivity index (χ3v) is 5.68. The number of hydrogen-bond acceptors (Lipinski definition) is 3. The number of quaternary nitrogens is 1. The standard InChI is InChI=1S/C24H26N2O3/c1-28-22-11-10-18(16-23(22)29-2)17-25-12-14-26(15-13-25)24(27)21-9-5-7-19-6-3-4-8-20(19)21/h3-11,16H,12-15,17H2,1-2H3/p+1. The van der Waals surface area contributed by atoms with E-state index in [4.69, 9.17) is 9.47 Å². The van der Waals surface area contributed by atoms with Crippen LogP contribution in [-0.4, -0.2) is 51.2 Å². The molecule has 0 aromatic heterocycles. The van der Waals surface area contributed by atoms with E-state index in [1.165, 1.54) is 10.5 Å². The molecule has 1 amide bonds. The van der Waals surface area contributed by atoms with Gasteiger partial charge in [-0.15, -0.1) is 0 Å². The number of rotatable bonds is 5. The monoisotopic (exact) mass is 391 g/mol. The lowest BCUT2D eigenvalue weighted by molar-refractivity contribution is -0.917. The van der Waals surface area contributed by atoms with Crippen molar-refractivity contribution in [3.63, 3.8) is 0 Å². The first-order valence-corrected chi connectivity index (χ1v) is 10.0. The Bertz CT molecular complexity index is 1000. The summed E-state index contributed by atoms with van der Waals surface area (Å²) in [6.45, 7) is 4.32. The maximum absolute atomic E-state index is 13.1. The van der Waals surface area contributed by atoms with Gasteiger partial charge in [-0.2, -0.15) is 0 Å². The molecule has 0 radical (unpaired) electrons. The lowest BCUT2D eigenvalue weighted by Gasteiger charge is -2.32. The maximum atomic E-state index is 13.1. The van der Waals surface area contributed by atoms with Crippen molar-refractivity contribution in [3.8, 4) is 11.5 Å². The molecule has 1 aliphatic heterocycles. The predicted molar refractivity (Wildman–Crippen MR) is 114 cm³/mol. The van der Waals surface area contributed by atoms with Gasteiger partial charge in [0, 0.05) is 11.1 Å². The Hall–Kier alpha value is -3.05. The summed E-state index contributed by atoms with van der Waals surface area (Å²) >= 11 is 0. The van der Waals surface area contributed by atoms with Crippen molar-refractivity contribution < 1.29 is 19.2 Å². The van der Waals surface area contributed by atoms with Crippen molar-refractivity contribution in [2.24, 2.45) is 0 Å². The van der Waals surface area contributed by atoms with Gasteiger partial charge in [0.2, 0.25) is 0 Å². The lowest BCUT2D eigenvalue weighted by Crippen LogP contribution is -3.13. The molecule has 5 nitrogen and oxygen atoms in total. The second-order valence-corrected chi connectivity index (χ2v) is 7.44. The number of nitrogens with one attached hydrogen (secondary N) is 1. The number of methoxy groups -OCH3 is 2. The lowest BCUT2D eigenvalue weighted by atomic mass is 10.0. The zero-order valence-electron chi connectivity index (χ0n) is 17.0. The SMILES string of the molecule is COc1ccc(C[NH+]2CCN(C(=O)c3cccc4ccccc34)CC2)cc1OC. The Morgan fingerprint density at radius 1 is 0.931 bits per heavy atom. The molecule has 1 aliphatic rings. The van der Waals surface area contributed by atoms with Gasteiger partial charge in [0.05, 0.1) is 40.4 Å². The van der Waals surface area contributed by atoms with Gasteiger partial charge >= 0.3 is 0 Å². The number of carbonyl (C=O) groups excluding carboxylic acids is 1. The highest BCUT2D eigenvalue weighted by Crippen LogP contribution is 2.27. The van der Waals surface area contributed by atoms with Gasteiger partial charge in [-0.3, -0.25) is 4.79 Å². The van der Waals surface area contributed by atoms with Crippen molar-refractivity contribution in [2.75, 3.05) is 40.4 Å². The van der Waals surface area contributed by atoms with Crippen molar-refractivity contribution in [3.05, 3.63) is 71.8 Å². The topological polar surface area (TPSA) is 43.2 Å². The van der Waals surface area contributed by atoms with E-state index in [-0.39, 0.29) is 5.91 Å². The van der Waals surface area contributed by atoms with Gasteiger partial charge in [-0.25, -0.2) is 0 Å². The summed E-state index contributed by atoms with van der Waals surface area (Å²) in [7, 11) is 3.31. The second-order valence-electron chi connectivity index (χ2n) is 7.44. The van der Waals surface area contributed by atoms with Gasteiger partial charge in [0.1, 0.15) is 6.54 Å². The zero-order chi connectivity index (χ0) is 20.2. The Balaban J connectivity index is 1.41. The average molecular weight is 391 g/mol. The molecular weight excluding hydrogens is 364 g/mol. The van der Waals surface area contributed by atoms with Crippen LogP contribution in [0.3, 0.4) is 0 Å². The van der Waals surface area contributed by atoms with E-state index >= 15 is 0 Å². The van der Waals surface area contributed by atoms with Gasteiger partial charge in [0.15, 0.2) is 11.5 Å². The van der Waals surface area contributed by atoms with Crippen LogP contribution in [0.25, 0.3) is 10.8 Å². The van der Waals surface area contributed by atoms with Crippen molar-refractivity contribution in [2.45, 2.75) is 6.54 Å². The van der Waals surface area contributed by atoms with Crippen LogP contribution in [0, 0.1) is 0 Å². The Morgan fingerprint density at radius 3 is 2.41 bits per heavy atom. The number of ether oxygens (including phenoxy) is 2. The summed E-state index contributed by atoms with van der Waals surface area (Å²) < 4.78 is 10.7. The molecule has 0 saturated carbocycles. The van der Waals surface area contributed by atoms with E-state index in [0.717, 1.165) is 60.6 Å². The predicted octanol–water partition coefficient (Wildman–Crippen LogP) is 2.40.